The monoisotopic (exact) mass is 440 g/mol. The molecule has 0 bridgehead atoms. The van der Waals surface area contributed by atoms with Gasteiger partial charge in [0, 0.05) is 5.56 Å². The van der Waals surface area contributed by atoms with Crippen LogP contribution in [0, 0.1) is 0 Å². The minimum absolute atomic E-state index is 0.0123. The summed E-state index contributed by atoms with van der Waals surface area (Å²) < 4.78 is 21.1. The number of carbonyl (C=O) groups excluding carboxylic acids is 3. The molecule has 1 fully saturated rings. The van der Waals surface area contributed by atoms with Gasteiger partial charge in [-0.1, -0.05) is 6.08 Å². The molecule has 3 amide bonds. The summed E-state index contributed by atoms with van der Waals surface area (Å²) in [5.41, 5.74) is 1.59. The van der Waals surface area contributed by atoms with Crippen LogP contribution < -0.4 is 14.8 Å². The molecule has 1 aromatic heterocycles. The fraction of sp³-hybridized carbons (Fsp3) is 0.261. The molecular weight excluding hydrogens is 416 g/mol. The van der Waals surface area contributed by atoms with E-state index in [0.29, 0.717) is 30.1 Å². The molecule has 1 N–H and O–H groups in total. The number of benzene rings is 1. The van der Waals surface area contributed by atoms with Gasteiger partial charge in [0.2, 0.25) is 5.76 Å². The lowest BCUT2D eigenvalue weighted by molar-refractivity contribution is -0.123. The summed E-state index contributed by atoms with van der Waals surface area (Å²) in [6.07, 6.45) is 3.84. The summed E-state index contributed by atoms with van der Waals surface area (Å²) in [7, 11) is 2.79. The van der Waals surface area contributed by atoms with E-state index in [9.17, 15) is 14.4 Å². The second-order valence-corrected chi connectivity index (χ2v) is 6.77. The highest BCUT2D eigenvalue weighted by Gasteiger charge is 2.34. The van der Waals surface area contributed by atoms with E-state index >= 15 is 0 Å². The Balaban J connectivity index is 1.87. The average Bonchev–Trinajstić information content (AvgIpc) is 3.34. The Morgan fingerprint density at radius 2 is 2.03 bits per heavy atom. The normalized spacial score (nSPS) is 14.5. The van der Waals surface area contributed by atoms with Crippen LogP contribution in [0.5, 0.6) is 11.5 Å². The summed E-state index contributed by atoms with van der Waals surface area (Å²) in [4.78, 5) is 37.7. The van der Waals surface area contributed by atoms with Gasteiger partial charge in [-0.2, -0.15) is 0 Å². The molecular formula is C23H24N2O7. The molecule has 2 heterocycles. The fourth-order valence-corrected chi connectivity index (χ4v) is 3.28. The number of urea groups is 1. The number of ether oxygens (including phenoxy) is 3. The van der Waals surface area contributed by atoms with E-state index in [1.807, 2.05) is 13.0 Å². The minimum Gasteiger partial charge on any atom is -0.493 e. The van der Waals surface area contributed by atoms with Gasteiger partial charge in [-0.05, 0) is 49.2 Å². The van der Waals surface area contributed by atoms with Gasteiger partial charge in [-0.25, -0.2) is 9.59 Å². The number of carbonyl (C=O) groups is 3. The number of nitrogens with one attached hydrogen (secondary N) is 1. The van der Waals surface area contributed by atoms with Crippen molar-refractivity contribution >= 4 is 24.0 Å². The molecule has 0 radical (unpaired) electrons. The third-order valence-corrected chi connectivity index (χ3v) is 4.66. The molecule has 1 aliphatic heterocycles. The molecule has 0 saturated carbocycles. The predicted octanol–water partition coefficient (Wildman–Crippen LogP) is 3.29. The lowest BCUT2D eigenvalue weighted by Crippen LogP contribution is -2.30. The van der Waals surface area contributed by atoms with Gasteiger partial charge in [0.1, 0.15) is 11.5 Å². The van der Waals surface area contributed by atoms with Crippen molar-refractivity contribution in [2.24, 2.45) is 0 Å². The van der Waals surface area contributed by atoms with Crippen LogP contribution in [0.4, 0.5) is 4.79 Å². The van der Waals surface area contributed by atoms with Crippen LogP contribution in [-0.4, -0.2) is 43.6 Å². The van der Waals surface area contributed by atoms with Gasteiger partial charge in [-0.3, -0.25) is 9.69 Å². The van der Waals surface area contributed by atoms with E-state index in [0.717, 1.165) is 10.5 Å². The summed E-state index contributed by atoms with van der Waals surface area (Å²) in [6.45, 7) is 5.92. The smallest absolute Gasteiger partial charge is 0.373 e. The van der Waals surface area contributed by atoms with Crippen molar-refractivity contribution in [3.05, 3.63) is 65.3 Å². The SMILES string of the molecule is C=CCc1cc(C=C2NC(=O)N(Cc3ccc(C(=O)OC)o3)C2=O)cc(OCC)c1OC. The predicted molar refractivity (Wildman–Crippen MR) is 115 cm³/mol. The number of hydrogen-bond acceptors (Lipinski definition) is 7. The Labute approximate surface area is 185 Å². The van der Waals surface area contributed by atoms with Crippen molar-refractivity contribution in [2.45, 2.75) is 19.9 Å². The topological polar surface area (TPSA) is 107 Å². The second-order valence-electron chi connectivity index (χ2n) is 6.77. The molecule has 9 nitrogen and oxygen atoms in total. The number of hydrogen-bond donors (Lipinski definition) is 1. The van der Waals surface area contributed by atoms with Crippen molar-refractivity contribution in [3.63, 3.8) is 0 Å². The Bertz CT molecular complexity index is 1080. The quantitative estimate of drug-likeness (QED) is 0.276. The Hall–Kier alpha value is -4.01. The third-order valence-electron chi connectivity index (χ3n) is 4.66. The molecule has 0 unspecified atom stereocenters. The molecule has 1 aliphatic rings. The van der Waals surface area contributed by atoms with Crippen molar-refractivity contribution in [1.82, 2.24) is 10.2 Å². The number of rotatable bonds is 9. The summed E-state index contributed by atoms with van der Waals surface area (Å²) in [5.74, 6) is 0.213. The van der Waals surface area contributed by atoms with Crippen molar-refractivity contribution in [2.75, 3.05) is 20.8 Å². The Morgan fingerprint density at radius 1 is 1.25 bits per heavy atom. The zero-order chi connectivity index (χ0) is 23.3. The molecule has 1 aromatic carbocycles. The van der Waals surface area contributed by atoms with E-state index < -0.39 is 17.9 Å². The summed E-state index contributed by atoms with van der Waals surface area (Å²) in [5, 5.41) is 2.57. The van der Waals surface area contributed by atoms with Crippen LogP contribution in [0.2, 0.25) is 0 Å². The van der Waals surface area contributed by atoms with E-state index in [4.69, 9.17) is 13.9 Å². The minimum atomic E-state index is -0.644. The van der Waals surface area contributed by atoms with Gasteiger partial charge >= 0.3 is 12.0 Å². The molecule has 0 atom stereocenters. The fourth-order valence-electron chi connectivity index (χ4n) is 3.28. The summed E-state index contributed by atoms with van der Waals surface area (Å²) in [6, 6.07) is 5.91. The van der Waals surface area contributed by atoms with Crippen LogP contribution >= 0.6 is 0 Å². The van der Waals surface area contributed by atoms with Crippen molar-refractivity contribution in [3.8, 4) is 11.5 Å². The Morgan fingerprint density at radius 3 is 2.69 bits per heavy atom. The summed E-state index contributed by atoms with van der Waals surface area (Å²) >= 11 is 0. The maximum atomic E-state index is 12.8. The van der Waals surface area contributed by atoms with Crippen LogP contribution in [0.3, 0.4) is 0 Å². The van der Waals surface area contributed by atoms with Gasteiger partial charge in [0.15, 0.2) is 11.5 Å². The first kappa shape index (κ1) is 22.7. The molecule has 1 saturated heterocycles. The molecule has 3 rings (SSSR count). The largest absolute Gasteiger partial charge is 0.493 e. The van der Waals surface area contributed by atoms with E-state index in [1.165, 1.54) is 19.2 Å². The lowest BCUT2D eigenvalue weighted by Gasteiger charge is -2.14. The van der Waals surface area contributed by atoms with Crippen LogP contribution in [0.25, 0.3) is 6.08 Å². The number of nitrogens with zero attached hydrogens (tertiary/aromatic N) is 1. The maximum Gasteiger partial charge on any atom is 0.373 e. The molecule has 168 valence electrons. The lowest BCUT2D eigenvalue weighted by atomic mass is 10.0. The Kier molecular flexibility index (Phi) is 6.99. The molecule has 0 spiro atoms. The number of amides is 3. The maximum absolute atomic E-state index is 12.8. The van der Waals surface area contributed by atoms with Crippen LogP contribution in [0.15, 0.2) is 47.0 Å². The van der Waals surface area contributed by atoms with Gasteiger partial charge in [-0.15, -0.1) is 6.58 Å². The highest BCUT2D eigenvalue weighted by atomic mass is 16.5. The van der Waals surface area contributed by atoms with Crippen molar-refractivity contribution in [1.29, 1.82) is 0 Å². The highest BCUT2D eigenvalue weighted by Crippen LogP contribution is 2.34. The first-order valence-corrected chi connectivity index (χ1v) is 9.88. The van der Waals surface area contributed by atoms with Gasteiger partial charge in [0.05, 0.1) is 27.4 Å². The standard InChI is InChI=1S/C23H24N2O7/c1-5-7-15-10-14(12-19(31-6-2)20(15)29-3)11-17-21(26)25(23(28)24-17)13-16-8-9-18(32-16)22(27)30-4/h5,8-12H,1,6-7,13H2,2-4H3,(H,24,28). The molecule has 9 heteroatoms. The zero-order valence-corrected chi connectivity index (χ0v) is 18.1. The second kappa shape index (κ2) is 9.86. The van der Waals surface area contributed by atoms with Gasteiger partial charge in [0.25, 0.3) is 5.91 Å². The van der Waals surface area contributed by atoms with Crippen LogP contribution in [0.1, 0.15) is 34.4 Å². The van der Waals surface area contributed by atoms with E-state index in [-0.39, 0.29) is 23.8 Å². The number of imide groups is 1. The van der Waals surface area contributed by atoms with Crippen LogP contribution in [-0.2, 0) is 22.5 Å². The molecule has 2 aromatic rings. The number of esters is 1. The van der Waals surface area contributed by atoms with E-state index in [1.54, 1.807) is 25.3 Å². The average molecular weight is 440 g/mol. The first-order valence-electron chi connectivity index (χ1n) is 9.88. The highest BCUT2D eigenvalue weighted by molar-refractivity contribution is 6.13. The number of allylic oxidation sites excluding steroid dienone is 1. The number of methoxy groups -OCH3 is 2. The molecule has 32 heavy (non-hydrogen) atoms. The molecule has 0 aliphatic carbocycles. The third kappa shape index (κ3) is 4.66. The first-order chi connectivity index (χ1) is 15.4. The zero-order valence-electron chi connectivity index (χ0n) is 18.1. The number of furan rings is 1. The van der Waals surface area contributed by atoms with Gasteiger partial charge < -0.3 is 23.9 Å². The van der Waals surface area contributed by atoms with E-state index in [2.05, 4.69) is 16.6 Å². The van der Waals surface area contributed by atoms with Crippen molar-refractivity contribution < 1.29 is 33.0 Å².